The Morgan fingerprint density at radius 3 is 0.832 bits per heavy atom. The fraction of sp³-hybridized carbons (Fsp3) is 0.888. The van der Waals surface area contributed by atoms with Crippen LogP contribution in [0.1, 0.15) is 483 Å². The molecule has 0 bridgehead atoms. The predicted molar refractivity (Wildman–Crippen MR) is 421 cm³/mol. The number of esters is 1. The van der Waals surface area contributed by atoms with Crippen LogP contribution in [0.4, 0.5) is 0 Å². The summed E-state index contributed by atoms with van der Waals surface area (Å²) in [4.78, 5) is 24.7. The topological polar surface area (TPSA) is 95.9 Å². The van der Waals surface area contributed by atoms with Crippen molar-refractivity contribution in [3.63, 3.8) is 0 Å². The number of carbonyl (C=O) groups is 2. The maximum atomic E-state index is 12.6. The van der Waals surface area contributed by atoms with Crippen LogP contribution in [0.5, 0.6) is 0 Å². The van der Waals surface area contributed by atoms with Gasteiger partial charge in [-0.15, -0.1) is 0 Å². The molecule has 6 nitrogen and oxygen atoms in total. The standard InChI is InChI=1S/C89H169NO5/c1-3-5-7-9-11-13-15-17-19-20-21-22-23-39-42-45-48-51-54-57-61-65-69-73-77-81-87(92)86(85-91)90-88(93)82-78-74-70-66-62-58-55-52-49-46-43-40-37-35-33-31-29-27-25-24-26-28-30-32-34-36-38-41-44-47-50-53-56-60-64-68-72-76-80-84-95-89(94)83-79-75-71-67-63-59-18-16-14-12-10-8-6-4-2/h10,12,16,18,24-25,28,30,86-87,91-92H,3-9,11,13-15,17,19-23,26-27,29,31-85H2,1-2H3,(H,90,93)/b12-10-,18-16-,25-24-,30-28-. The summed E-state index contributed by atoms with van der Waals surface area (Å²) < 4.78 is 5.49. The van der Waals surface area contributed by atoms with E-state index in [4.69, 9.17) is 4.74 Å². The number of ether oxygens (including phenoxy) is 1. The second-order valence-corrected chi connectivity index (χ2v) is 29.9. The van der Waals surface area contributed by atoms with Crippen molar-refractivity contribution in [1.29, 1.82) is 0 Å². The van der Waals surface area contributed by atoms with Gasteiger partial charge >= 0.3 is 5.97 Å². The van der Waals surface area contributed by atoms with Crippen molar-refractivity contribution in [3.8, 4) is 0 Å². The first-order valence-corrected chi connectivity index (χ1v) is 43.4. The third kappa shape index (κ3) is 80.7. The van der Waals surface area contributed by atoms with Crippen LogP contribution in [0.3, 0.4) is 0 Å². The molecule has 0 heterocycles. The van der Waals surface area contributed by atoms with Crippen molar-refractivity contribution in [3.05, 3.63) is 48.6 Å². The summed E-state index contributed by atoms with van der Waals surface area (Å²) in [6.07, 6.45) is 112. The second-order valence-electron chi connectivity index (χ2n) is 29.9. The van der Waals surface area contributed by atoms with Gasteiger partial charge in [0.15, 0.2) is 0 Å². The Morgan fingerprint density at radius 2 is 0.537 bits per heavy atom. The molecule has 0 aliphatic heterocycles. The van der Waals surface area contributed by atoms with E-state index in [-0.39, 0.29) is 18.5 Å². The van der Waals surface area contributed by atoms with Crippen molar-refractivity contribution in [2.24, 2.45) is 0 Å². The summed E-state index contributed by atoms with van der Waals surface area (Å²) in [6, 6.07) is -0.541. The van der Waals surface area contributed by atoms with Gasteiger partial charge in [0.1, 0.15) is 0 Å². The van der Waals surface area contributed by atoms with Gasteiger partial charge in [-0.2, -0.15) is 0 Å². The van der Waals surface area contributed by atoms with E-state index in [1.165, 1.54) is 392 Å². The van der Waals surface area contributed by atoms with Crippen LogP contribution >= 0.6 is 0 Å². The number of aliphatic hydroxyl groups excluding tert-OH is 2. The van der Waals surface area contributed by atoms with Gasteiger partial charge in [0.2, 0.25) is 5.91 Å². The smallest absolute Gasteiger partial charge is 0.305 e. The quantitative estimate of drug-likeness (QED) is 0.0320. The molecule has 3 N–H and O–H groups in total. The third-order valence-electron chi connectivity index (χ3n) is 20.4. The molecule has 0 aromatic carbocycles. The van der Waals surface area contributed by atoms with E-state index in [0.29, 0.717) is 25.9 Å². The van der Waals surface area contributed by atoms with Gasteiger partial charge in [-0.3, -0.25) is 9.59 Å². The van der Waals surface area contributed by atoms with Gasteiger partial charge in [0.25, 0.3) is 0 Å². The molecule has 6 heteroatoms. The van der Waals surface area contributed by atoms with Gasteiger partial charge in [0, 0.05) is 12.8 Å². The highest BCUT2D eigenvalue weighted by Crippen LogP contribution is 2.21. The van der Waals surface area contributed by atoms with E-state index in [0.717, 1.165) is 57.8 Å². The summed E-state index contributed by atoms with van der Waals surface area (Å²) in [5.41, 5.74) is 0. The molecule has 0 saturated heterocycles. The van der Waals surface area contributed by atoms with Crippen LogP contribution in [0.25, 0.3) is 0 Å². The van der Waals surface area contributed by atoms with E-state index < -0.39 is 12.1 Å². The number of amides is 1. The van der Waals surface area contributed by atoms with E-state index in [1.807, 2.05) is 0 Å². The Balaban J connectivity index is 3.36. The number of hydrogen-bond acceptors (Lipinski definition) is 5. The molecular weight excluding hydrogens is 1160 g/mol. The molecular formula is C89H169NO5. The molecule has 0 spiro atoms. The second kappa shape index (κ2) is 84.2. The monoisotopic (exact) mass is 1330 g/mol. The SMILES string of the molecule is CCCC/C=C\C/C=C\CCCCCCCC(=O)OCCCCCCCCCCCCCCCCC/C=C\C/C=C\CCCCCCCCCCCCCCCCCCCC(=O)NC(CO)C(O)CCCCCCCCCCCCCCCCCCCCCCCCCCC. The molecule has 0 aromatic rings. The van der Waals surface area contributed by atoms with E-state index in [2.05, 4.69) is 67.8 Å². The zero-order valence-electron chi connectivity index (χ0n) is 64.4. The summed E-state index contributed by atoms with van der Waals surface area (Å²) in [6.45, 7) is 4.96. The Kier molecular flexibility index (Phi) is 82.3. The summed E-state index contributed by atoms with van der Waals surface area (Å²) in [5, 5.41) is 23.5. The third-order valence-corrected chi connectivity index (χ3v) is 20.4. The molecule has 2 unspecified atom stereocenters. The fourth-order valence-electron chi connectivity index (χ4n) is 13.8. The number of nitrogens with one attached hydrogen (secondary N) is 1. The lowest BCUT2D eigenvalue weighted by Crippen LogP contribution is -2.45. The predicted octanol–water partition coefficient (Wildman–Crippen LogP) is 29.1. The molecule has 0 rings (SSSR count). The van der Waals surface area contributed by atoms with Crippen molar-refractivity contribution < 1.29 is 24.5 Å². The minimum absolute atomic E-state index is 0.00619. The van der Waals surface area contributed by atoms with Crippen molar-refractivity contribution in [2.75, 3.05) is 13.2 Å². The Bertz CT molecular complexity index is 1590. The van der Waals surface area contributed by atoms with Crippen LogP contribution < -0.4 is 5.32 Å². The largest absolute Gasteiger partial charge is 0.466 e. The molecule has 95 heavy (non-hydrogen) atoms. The molecule has 0 saturated carbocycles. The van der Waals surface area contributed by atoms with Crippen LogP contribution in [-0.4, -0.2) is 47.4 Å². The van der Waals surface area contributed by atoms with Crippen LogP contribution in [0.15, 0.2) is 48.6 Å². The lowest BCUT2D eigenvalue weighted by molar-refractivity contribution is -0.143. The number of rotatable bonds is 82. The van der Waals surface area contributed by atoms with E-state index in [1.54, 1.807) is 0 Å². The maximum absolute atomic E-state index is 12.6. The highest BCUT2D eigenvalue weighted by molar-refractivity contribution is 5.76. The van der Waals surface area contributed by atoms with Crippen LogP contribution in [0.2, 0.25) is 0 Å². The Hall–Kier alpha value is -2.18. The fourth-order valence-corrected chi connectivity index (χ4v) is 13.8. The van der Waals surface area contributed by atoms with E-state index >= 15 is 0 Å². The summed E-state index contributed by atoms with van der Waals surface area (Å²) >= 11 is 0. The first kappa shape index (κ1) is 92.8. The summed E-state index contributed by atoms with van der Waals surface area (Å²) in [7, 11) is 0. The molecule has 1 amide bonds. The van der Waals surface area contributed by atoms with Gasteiger partial charge in [-0.25, -0.2) is 0 Å². The van der Waals surface area contributed by atoms with E-state index in [9.17, 15) is 19.8 Å². The number of aliphatic hydroxyl groups is 2. The van der Waals surface area contributed by atoms with Crippen molar-refractivity contribution in [1.82, 2.24) is 5.32 Å². The zero-order chi connectivity index (χ0) is 68.4. The lowest BCUT2D eigenvalue weighted by atomic mass is 10.0. The molecule has 0 aliphatic carbocycles. The first-order chi connectivity index (χ1) is 47.0. The summed E-state index contributed by atoms with van der Waals surface area (Å²) in [5.74, 6) is -0.0198. The lowest BCUT2D eigenvalue weighted by Gasteiger charge is -2.22. The normalized spacial score (nSPS) is 12.7. The van der Waals surface area contributed by atoms with Crippen molar-refractivity contribution >= 4 is 11.9 Å². The molecule has 0 fully saturated rings. The number of carbonyl (C=O) groups excluding carboxylic acids is 2. The minimum Gasteiger partial charge on any atom is -0.466 e. The van der Waals surface area contributed by atoms with Crippen LogP contribution in [-0.2, 0) is 14.3 Å². The maximum Gasteiger partial charge on any atom is 0.305 e. The molecule has 560 valence electrons. The Morgan fingerprint density at radius 1 is 0.295 bits per heavy atom. The molecule has 0 aromatic heterocycles. The average molecular weight is 1330 g/mol. The van der Waals surface area contributed by atoms with Gasteiger partial charge in [-0.1, -0.05) is 435 Å². The van der Waals surface area contributed by atoms with Gasteiger partial charge < -0.3 is 20.3 Å². The van der Waals surface area contributed by atoms with Crippen molar-refractivity contribution in [2.45, 2.75) is 495 Å². The minimum atomic E-state index is -0.664. The van der Waals surface area contributed by atoms with Crippen LogP contribution in [0, 0.1) is 0 Å². The van der Waals surface area contributed by atoms with Gasteiger partial charge in [0.05, 0.1) is 25.4 Å². The number of unbranched alkanes of at least 4 members (excludes halogenated alkanes) is 63. The molecule has 2 atom stereocenters. The zero-order valence-corrected chi connectivity index (χ0v) is 64.4. The Labute approximate surface area is 595 Å². The number of hydrogen-bond donors (Lipinski definition) is 3. The first-order valence-electron chi connectivity index (χ1n) is 43.4. The highest BCUT2D eigenvalue weighted by Gasteiger charge is 2.20. The number of allylic oxidation sites excluding steroid dienone is 8. The van der Waals surface area contributed by atoms with Gasteiger partial charge in [-0.05, 0) is 83.5 Å². The molecule has 0 aliphatic rings. The average Bonchev–Trinajstić information content (AvgIpc) is 3.11. The molecule has 0 radical (unpaired) electrons. The highest BCUT2D eigenvalue weighted by atomic mass is 16.5.